The Morgan fingerprint density at radius 1 is 0.765 bits per heavy atom. The summed E-state index contributed by atoms with van der Waals surface area (Å²) in [5.41, 5.74) is -0.351. The lowest BCUT2D eigenvalue weighted by molar-refractivity contribution is -0.00807. The van der Waals surface area contributed by atoms with Gasteiger partial charge in [0.2, 0.25) is 0 Å². The van der Waals surface area contributed by atoms with Gasteiger partial charge in [0.1, 0.15) is 5.60 Å². The van der Waals surface area contributed by atoms with Gasteiger partial charge in [0, 0.05) is 12.0 Å². The molecule has 0 aromatic heterocycles. The van der Waals surface area contributed by atoms with Gasteiger partial charge in [-0.25, -0.2) is 4.39 Å². The molecule has 2 bridgehead atoms. The van der Waals surface area contributed by atoms with E-state index in [0.717, 1.165) is 28.6 Å². The third kappa shape index (κ3) is 3.86. The Morgan fingerprint density at radius 3 is 2.06 bits per heavy atom. The summed E-state index contributed by atoms with van der Waals surface area (Å²) in [7, 11) is -0.358. The van der Waals surface area contributed by atoms with E-state index >= 15 is 4.39 Å². The van der Waals surface area contributed by atoms with Gasteiger partial charge in [0.05, 0.1) is 10.9 Å². The van der Waals surface area contributed by atoms with Crippen molar-refractivity contribution in [3.05, 3.63) is 84.7 Å². The predicted octanol–water partition coefficient (Wildman–Crippen LogP) is 8.15. The highest BCUT2D eigenvalue weighted by Gasteiger charge is 2.57. The third-order valence-corrected chi connectivity index (χ3v) is 11.0. The summed E-state index contributed by atoms with van der Waals surface area (Å²) in [5, 5.41) is 0. The molecule has 0 radical (unpaired) electrons. The first-order chi connectivity index (χ1) is 16.5. The SMILES string of the molecule is CC(C)(Oc1ccc([S+](c2ccccc2)c2ccccc2)cc1F)C1CC2CC1C1CCCC21. The molecule has 3 aromatic carbocycles. The number of halogens is 1. The summed E-state index contributed by atoms with van der Waals surface area (Å²) in [4.78, 5) is 3.36. The topological polar surface area (TPSA) is 9.23 Å². The van der Waals surface area contributed by atoms with E-state index in [9.17, 15) is 0 Å². The molecular weight excluding hydrogens is 439 g/mol. The second kappa shape index (κ2) is 8.75. The van der Waals surface area contributed by atoms with E-state index < -0.39 is 0 Å². The van der Waals surface area contributed by atoms with E-state index in [-0.39, 0.29) is 22.3 Å². The molecule has 3 aliphatic rings. The van der Waals surface area contributed by atoms with Gasteiger partial charge < -0.3 is 4.74 Å². The molecule has 0 heterocycles. The van der Waals surface area contributed by atoms with E-state index in [2.05, 4.69) is 68.4 Å². The number of fused-ring (bicyclic) bond motifs is 5. The number of benzene rings is 3. The lowest BCUT2D eigenvalue weighted by Crippen LogP contribution is -2.43. The molecule has 3 heteroatoms. The number of rotatable bonds is 6. The zero-order chi connectivity index (χ0) is 23.3. The molecule has 3 aromatic rings. The van der Waals surface area contributed by atoms with Crippen molar-refractivity contribution >= 4 is 10.9 Å². The van der Waals surface area contributed by atoms with Crippen molar-refractivity contribution < 1.29 is 9.13 Å². The zero-order valence-corrected chi connectivity index (χ0v) is 20.9. The second-order valence-corrected chi connectivity index (χ2v) is 13.0. The van der Waals surface area contributed by atoms with Crippen molar-refractivity contribution in [2.24, 2.45) is 29.6 Å². The van der Waals surface area contributed by atoms with Crippen molar-refractivity contribution in [3.63, 3.8) is 0 Å². The van der Waals surface area contributed by atoms with Gasteiger partial charge in [0.25, 0.3) is 0 Å². The summed E-state index contributed by atoms with van der Waals surface area (Å²) in [6, 6.07) is 26.4. The van der Waals surface area contributed by atoms with Gasteiger partial charge >= 0.3 is 0 Å². The maximum atomic E-state index is 15.5. The molecule has 3 fully saturated rings. The van der Waals surface area contributed by atoms with Crippen LogP contribution in [0.1, 0.15) is 46.0 Å². The maximum absolute atomic E-state index is 15.5. The van der Waals surface area contributed by atoms with Crippen LogP contribution in [-0.2, 0) is 10.9 Å². The highest BCUT2D eigenvalue weighted by atomic mass is 32.2. The fourth-order valence-corrected chi connectivity index (χ4v) is 9.54. The Kier molecular flexibility index (Phi) is 5.72. The molecule has 0 amide bonds. The highest BCUT2D eigenvalue weighted by Crippen LogP contribution is 2.63. The van der Waals surface area contributed by atoms with E-state index in [1.165, 1.54) is 41.9 Å². The van der Waals surface area contributed by atoms with Crippen molar-refractivity contribution in [3.8, 4) is 5.75 Å². The van der Waals surface area contributed by atoms with Gasteiger partial charge in [-0.15, -0.1) is 0 Å². The predicted molar refractivity (Wildman–Crippen MR) is 137 cm³/mol. The minimum atomic E-state index is -0.358. The van der Waals surface area contributed by atoms with E-state index in [1.807, 2.05) is 18.2 Å². The summed E-state index contributed by atoms with van der Waals surface area (Å²) in [6.07, 6.45) is 6.84. The molecule has 34 heavy (non-hydrogen) atoms. The minimum absolute atomic E-state index is 0.253. The summed E-state index contributed by atoms with van der Waals surface area (Å²) in [5.74, 6) is 4.15. The number of hydrogen-bond donors (Lipinski definition) is 0. The molecule has 6 rings (SSSR count). The molecule has 5 atom stereocenters. The van der Waals surface area contributed by atoms with Gasteiger partial charge in [-0.3, -0.25) is 0 Å². The molecule has 0 N–H and O–H groups in total. The summed E-state index contributed by atoms with van der Waals surface area (Å²) < 4.78 is 22.0. The first kappa shape index (κ1) is 22.2. The number of ether oxygens (including phenoxy) is 1. The highest BCUT2D eigenvalue weighted by molar-refractivity contribution is 7.97. The van der Waals surface area contributed by atoms with Crippen LogP contribution in [0.25, 0.3) is 0 Å². The Labute approximate surface area is 206 Å². The van der Waals surface area contributed by atoms with Crippen LogP contribution in [0.5, 0.6) is 5.75 Å². The van der Waals surface area contributed by atoms with Gasteiger partial charge in [0.15, 0.2) is 26.3 Å². The Balaban J connectivity index is 1.27. The molecule has 1 nitrogen and oxygen atoms in total. The quantitative estimate of drug-likeness (QED) is 0.328. The fourth-order valence-electron chi connectivity index (χ4n) is 7.44. The monoisotopic (exact) mass is 473 g/mol. The maximum Gasteiger partial charge on any atom is 0.170 e. The molecule has 5 unspecified atom stereocenters. The van der Waals surface area contributed by atoms with Crippen LogP contribution < -0.4 is 4.74 Å². The average molecular weight is 474 g/mol. The molecule has 176 valence electrons. The molecule has 0 saturated heterocycles. The smallest absolute Gasteiger partial charge is 0.170 e. The first-order valence-electron chi connectivity index (χ1n) is 12.8. The average Bonchev–Trinajstić information content (AvgIpc) is 3.57. The fraction of sp³-hybridized carbons (Fsp3) is 0.419. The van der Waals surface area contributed by atoms with Crippen molar-refractivity contribution in [1.29, 1.82) is 0 Å². The zero-order valence-electron chi connectivity index (χ0n) is 20.1. The third-order valence-electron chi connectivity index (χ3n) is 8.79. The molecule has 0 aliphatic heterocycles. The first-order valence-corrected chi connectivity index (χ1v) is 14.1. The van der Waals surface area contributed by atoms with Crippen molar-refractivity contribution in [2.75, 3.05) is 0 Å². The van der Waals surface area contributed by atoms with Gasteiger partial charge in [-0.2, -0.15) is 0 Å². The lowest BCUT2D eigenvalue weighted by Gasteiger charge is -2.41. The number of hydrogen-bond acceptors (Lipinski definition) is 1. The Morgan fingerprint density at radius 2 is 1.41 bits per heavy atom. The lowest BCUT2D eigenvalue weighted by atomic mass is 9.70. The van der Waals surface area contributed by atoms with Crippen LogP contribution in [0.4, 0.5) is 4.39 Å². The van der Waals surface area contributed by atoms with E-state index in [1.54, 1.807) is 6.07 Å². The standard InChI is InChI=1S/C31H34FOS/c1-31(2,28-19-21-18-27(28)26-15-9-14-25(21)26)33-30-17-16-24(20-29(30)32)34(22-10-5-3-6-11-22)23-12-7-4-8-13-23/h3-8,10-13,16-17,20-21,25-28H,9,14-15,18-19H2,1-2H3/q+1. The van der Waals surface area contributed by atoms with Crippen molar-refractivity contribution in [1.82, 2.24) is 0 Å². The molecule has 3 aliphatic carbocycles. The van der Waals surface area contributed by atoms with Crippen LogP contribution in [-0.4, -0.2) is 5.60 Å². The molecular formula is C31H34FOS+. The largest absolute Gasteiger partial charge is 0.484 e. The van der Waals surface area contributed by atoms with Crippen LogP contribution >= 0.6 is 0 Å². The van der Waals surface area contributed by atoms with E-state index in [0.29, 0.717) is 11.7 Å². The second-order valence-electron chi connectivity index (χ2n) is 11.0. The Hall–Kier alpha value is -2.26. The molecule has 3 saturated carbocycles. The molecule has 0 spiro atoms. The van der Waals surface area contributed by atoms with Crippen LogP contribution in [0, 0.1) is 35.4 Å². The van der Waals surface area contributed by atoms with Gasteiger partial charge in [-0.05, 0) is 99.6 Å². The van der Waals surface area contributed by atoms with Crippen molar-refractivity contribution in [2.45, 2.75) is 66.2 Å². The van der Waals surface area contributed by atoms with E-state index in [4.69, 9.17) is 4.74 Å². The summed E-state index contributed by atoms with van der Waals surface area (Å²) >= 11 is 0. The van der Waals surface area contributed by atoms with Gasteiger partial charge in [-0.1, -0.05) is 42.8 Å². The summed E-state index contributed by atoms with van der Waals surface area (Å²) in [6.45, 7) is 4.38. The van der Waals surface area contributed by atoms with Crippen LogP contribution in [0.15, 0.2) is 93.5 Å². The Bertz CT molecular complexity index is 1110. The minimum Gasteiger partial charge on any atom is -0.484 e. The van der Waals surface area contributed by atoms with Crippen LogP contribution in [0.3, 0.4) is 0 Å². The normalized spacial score (nSPS) is 27.8. The van der Waals surface area contributed by atoms with Crippen LogP contribution in [0.2, 0.25) is 0 Å².